The molecule has 1 saturated carbocycles. The number of hydrogen-bond donors (Lipinski definition) is 1. The summed E-state index contributed by atoms with van der Waals surface area (Å²) in [7, 11) is -1.09. The molecule has 1 atom stereocenters. The Bertz CT molecular complexity index is 239. The van der Waals surface area contributed by atoms with Crippen molar-refractivity contribution in [3.8, 4) is 6.07 Å². The van der Waals surface area contributed by atoms with Crippen molar-refractivity contribution >= 4 is 11.0 Å². The van der Waals surface area contributed by atoms with Gasteiger partial charge in [0.2, 0.25) is 0 Å². The van der Waals surface area contributed by atoms with Crippen molar-refractivity contribution in [2.24, 2.45) is 0 Å². The van der Waals surface area contributed by atoms with E-state index in [0.717, 1.165) is 25.7 Å². The first-order valence-corrected chi connectivity index (χ1v) is 6.77. The van der Waals surface area contributed by atoms with Crippen LogP contribution in [0.5, 0.6) is 0 Å². The summed E-state index contributed by atoms with van der Waals surface area (Å²) in [6, 6.07) is 2.31. The molecule has 0 aromatic heterocycles. The molecule has 14 heavy (non-hydrogen) atoms. The fraction of sp³-hybridized carbons (Fsp3) is 0.900. The minimum atomic E-state index is -1.09. The highest BCUT2D eigenvalue weighted by Crippen LogP contribution is 2.25. The number of rotatable bonds is 2. The molecule has 0 saturated heterocycles. The zero-order valence-electron chi connectivity index (χ0n) is 8.71. The van der Waals surface area contributed by atoms with Gasteiger partial charge in [0.1, 0.15) is 5.54 Å². The average Bonchev–Trinajstić information content (AvgIpc) is 2.09. The van der Waals surface area contributed by atoms with Gasteiger partial charge in [-0.3, -0.25) is 0 Å². The van der Waals surface area contributed by atoms with E-state index >= 15 is 0 Å². The lowest BCUT2D eigenvalue weighted by molar-refractivity contribution is 0.363. The monoisotopic (exact) mass is 214 g/mol. The lowest BCUT2D eigenvalue weighted by atomic mass is 9.86. The molecule has 0 heterocycles. The van der Waals surface area contributed by atoms with Crippen LogP contribution in [0.1, 0.15) is 44.9 Å². The third-order valence-corrected chi connectivity index (χ3v) is 3.44. The normalized spacial score (nSPS) is 24.3. The molecular formula is C10H18N2OS. The van der Waals surface area contributed by atoms with E-state index in [-0.39, 0.29) is 0 Å². The van der Waals surface area contributed by atoms with Crippen LogP contribution in [0.3, 0.4) is 0 Å². The summed E-state index contributed by atoms with van der Waals surface area (Å²) in [5.74, 6) is 0. The molecule has 0 aromatic carbocycles. The predicted octanol–water partition coefficient (Wildman–Crippen LogP) is 1.88. The standard InChI is InChI=1S/C10H18N2OS/c1-14(13)12-10(9-11)7-5-3-2-4-6-8-10/h12H,2-8H2,1H3. The minimum Gasteiger partial charge on any atom is -0.243 e. The van der Waals surface area contributed by atoms with Crippen molar-refractivity contribution in [1.82, 2.24) is 4.72 Å². The second-order valence-electron chi connectivity index (χ2n) is 4.02. The number of nitrogens with one attached hydrogen (secondary N) is 1. The van der Waals surface area contributed by atoms with E-state index < -0.39 is 16.5 Å². The molecule has 0 aliphatic heterocycles. The van der Waals surface area contributed by atoms with Crippen LogP contribution in [0.2, 0.25) is 0 Å². The zero-order chi connectivity index (χ0) is 10.4. The number of nitriles is 1. The first-order valence-electron chi connectivity index (χ1n) is 5.21. The number of nitrogens with zero attached hydrogens (tertiary/aromatic N) is 1. The quantitative estimate of drug-likeness (QED) is 0.763. The maximum Gasteiger partial charge on any atom is 0.117 e. The first kappa shape index (κ1) is 11.7. The van der Waals surface area contributed by atoms with Gasteiger partial charge < -0.3 is 0 Å². The van der Waals surface area contributed by atoms with Crippen molar-refractivity contribution in [2.75, 3.05) is 6.26 Å². The third-order valence-electron chi connectivity index (χ3n) is 2.76. The topological polar surface area (TPSA) is 52.9 Å². The highest BCUT2D eigenvalue weighted by molar-refractivity contribution is 7.82. The maximum atomic E-state index is 11.1. The molecule has 0 radical (unpaired) electrons. The molecule has 4 heteroatoms. The van der Waals surface area contributed by atoms with Crippen molar-refractivity contribution in [1.29, 1.82) is 5.26 Å². The van der Waals surface area contributed by atoms with Gasteiger partial charge in [-0.2, -0.15) is 5.26 Å². The number of hydrogen-bond acceptors (Lipinski definition) is 2. The highest BCUT2D eigenvalue weighted by atomic mass is 32.2. The van der Waals surface area contributed by atoms with Gasteiger partial charge in [0.05, 0.1) is 17.1 Å². The summed E-state index contributed by atoms with van der Waals surface area (Å²) in [5.41, 5.74) is -0.528. The van der Waals surface area contributed by atoms with Crippen LogP contribution in [-0.2, 0) is 11.0 Å². The Balaban J connectivity index is 2.63. The van der Waals surface area contributed by atoms with Gasteiger partial charge in [-0.1, -0.05) is 32.1 Å². The van der Waals surface area contributed by atoms with Crippen molar-refractivity contribution in [3.05, 3.63) is 0 Å². The van der Waals surface area contributed by atoms with Crippen LogP contribution in [-0.4, -0.2) is 16.0 Å². The fourth-order valence-electron chi connectivity index (χ4n) is 2.02. The molecule has 1 unspecified atom stereocenters. The summed E-state index contributed by atoms with van der Waals surface area (Å²) in [6.07, 6.45) is 9.07. The largest absolute Gasteiger partial charge is 0.243 e. The Morgan fingerprint density at radius 1 is 1.21 bits per heavy atom. The van der Waals surface area contributed by atoms with Gasteiger partial charge in [-0.25, -0.2) is 8.93 Å². The van der Waals surface area contributed by atoms with Crippen LogP contribution in [0.25, 0.3) is 0 Å². The molecule has 3 nitrogen and oxygen atoms in total. The Morgan fingerprint density at radius 3 is 2.14 bits per heavy atom. The predicted molar refractivity (Wildman–Crippen MR) is 57.9 cm³/mol. The van der Waals surface area contributed by atoms with Crippen molar-refractivity contribution < 1.29 is 4.21 Å². The Labute approximate surface area is 88.5 Å². The molecular weight excluding hydrogens is 196 g/mol. The molecule has 1 rings (SSSR count). The van der Waals surface area contributed by atoms with Crippen LogP contribution < -0.4 is 4.72 Å². The van der Waals surface area contributed by atoms with E-state index in [4.69, 9.17) is 5.26 Å². The summed E-state index contributed by atoms with van der Waals surface area (Å²) >= 11 is 0. The van der Waals surface area contributed by atoms with Crippen molar-refractivity contribution in [3.63, 3.8) is 0 Å². The zero-order valence-corrected chi connectivity index (χ0v) is 9.53. The Morgan fingerprint density at radius 2 is 1.71 bits per heavy atom. The first-order chi connectivity index (χ1) is 6.68. The molecule has 0 bridgehead atoms. The average molecular weight is 214 g/mol. The van der Waals surface area contributed by atoms with E-state index in [9.17, 15) is 4.21 Å². The summed E-state index contributed by atoms with van der Waals surface area (Å²) < 4.78 is 14.0. The summed E-state index contributed by atoms with van der Waals surface area (Å²) in [6.45, 7) is 0. The molecule has 1 aliphatic carbocycles. The van der Waals surface area contributed by atoms with Gasteiger partial charge in [-0.15, -0.1) is 0 Å². The molecule has 1 aliphatic rings. The van der Waals surface area contributed by atoms with Gasteiger partial charge in [0.15, 0.2) is 0 Å². The van der Waals surface area contributed by atoms with Gasteiger partial charge in [0, 0.05) is 6.26 Å². The van der Waals surface area contributed by atoms with Gasteiger partial charge in [-0.05, 0) is 12.8 Å². The van der Waals surface area contributed by atoms with Crippen LogP contribution in [0.15, 0.2) is 0 Å². The van der Waals surface area contributed by atoms with E-state index in [1.165, 1.54) is 19.3 Å². The smallest absolute Gasteiger partial charge is 0.117 e. The fourth-order valence-corrected chi connectivity index (χ4v) is 2.82. The van der Waals surface area contributed by atoms with Gasteiger partial charge >= 0.3 is 0 Å². The summed E-state index contributed by atoms with van der Waals surface area (Å²) in [5, 5.41) is 9.16. The summed E-state index contributed by atoms with van der Waals surface area (Å²) in [4.78, 5) is 0. The molecule has 1 N–H and O–H groups in total. The third kappa shape index (κ3) is 3.39. The molecule has 0 aromatic rings. The van der Waals surface area contributed by atoms with Gasteiger partial charge in [0.25, 0.3) is 0 Å². The molecule has 80 valence electrons. The molecule has 1 fully saturated rings. The second-order valence-corrected chi connectivity index (χ2v) is 5.13. The lowest BCUT2D eigenvalue weighted by Crippen LogP contribution is -2.44. The Hall–Kier alpha value is -0.400. The van der Waals surface area contributed by atoms with E-state index in [0.29, 0.717) is 0 Å². The van der Waals surface area contributed by atoms with Crippen molar-refractivity contribution in [2.45, 2.75) is 50.5 Å². The maximum absolute atomic E-state index is 11.1. The molecule has 0 spiro atoms. The SMILES string of the molecule is CS(=O)NC1(C#N)CCCCCCC1. The highest BCUT2D eigenvalue weighted by Gasteiger charge is 2.30. The van der Waals surface area contributed by atoms with E-state index in [1.54, 1.807) is 6.26 Å². The minimum absolute atomic E-state index is 0.528. The van der Waals surface area contributed by atoms with Crippen LogP contribution in [0.4, 0.5) is 0 Å². The van der Waals surface area contributed by atoms with E-state index in [1.807, 2.05) is 0 Å². The Kier molecular flexibility index (Phi) is 4.56. The van der Waals surface area contributed by atoms with Crippen LogP contribution in [0, 0.1) is 11.3 Å². The molecule has 0 amide bonds. The van der Waals surface area contributed by atoms with E-state index in [2.05, 4.69) is 10.8 Å². The lowest BCUT2D eigenvalue weighted by Gasteiger charge is -2.28. The van der Waals surface area contributed by atoms with Crippen LogP contribution >= 0.6 is 0 Å². The second kappa shape index (κ2) is 5.47.